The zero-order valence-electron chi connectivity index (χ0n) is 16.2. The standard InChI is InChI=1S/C18H32N6.HI/c1-13(2)12-24-9-7-16(8-10-24)21-18(19-5)20-11-17-14(3)22-23(6)15(17)4;/h16H,1,7-12H2,2-6H3,(H2,19,20,21);1H. The number of rotatable bonds is 5. The van der Waals surface area contributed by atoms with Crippen molar-refractivity contribution in [2.24, 2.45) is 12.0 Å². The van der Waals surface area contributed by atoms with Crippen LogP contribution in [0.5, 0.6) is 0 Å². The van der Waals surface area contributed by atoms with Gasteiger partial charge in [0, 0.05) is 57.6 Å². The molecule has 1 fully saturated rings. The smallest absolute Gasteiger partial charge is 0.191 e. The van der Waals surface area contributed by atoms with E-state index in [1.54, 1.807) is 0 Å². The first kappa shape index (κ1) is 22.0. The largest absolute Gasteiger partial charge is 0.354 e. The SMILES string of the molecule is C=C(C)CN1CCC(NC(=NC)NCc2c(C)nn(C)c2C)CC1.I. The zero-order valence-corrected chi connectivity index (χ0v) is 18.6. The van der Waals surface area contributed by atoms with Gasteiger partial charge in [-0.15, -0.1) is 24.0 Å². The average molecular weight is 460 g/mol. The van der Waals surface area contributed by atoms with Crippen molar-refractivity contribution < 1.29 is 0 Å². The molecule has 1 aliphatic heterocycles. The van der Waals surface area contributed by atoms with Crippen LogP contribution < -0.4 is 10.6 Å². The van der Waals surface area contributed by atoms with E-state index in [9.17, 15) is 0 Å². The summed E-state index contributed by atoms with van der Waals surface area (Å²) in [4.78, 5) is 6.84. The molecule has 25 heavy (non-hydrogen) atoms. The van der Waals surface area contributed by atoms with Gasteiger partial charge in [0.2, 0.25) is 0 Å². The van der Waals surface area contributed by atoms with Crippen molar-refractivity contribution in [1.82, 2.24) is 25.3 Å². The molecule has 1 aromatic rings. The Balaban J connectivity index is 0.00000312. The van der Waals surface area contributed by atoms with Gasteiger partial charge in [0.15, 0.2) is 5.96 Å². The summed E-state index contributed by atoms with van der Waals surface area (Å²) in [6.45, 7) is 14.2. The lowest BCUT2D eigenvalue weighted by molar-refractivity contribution is 0.221. The van der Waals surface area contributed by atoms with Crippen molar-refractivity contribution in [1.29, 1.82) is 0 Å². The number of aliphatic imine (C=N–C) groups is 1. The Labute approximate surface area is 169 Å². The van der Waals surface area contributed by atoms with Gasteiger partial charge in [-0.25, -0.2) is 0 Å². The summed E-state index contributed by atoms with van der Waals surface area (Å²) >= 11 is 0. The second-order valence-corrected chi connectivity index (χ2v) is 6.85. The van der Waals surface area contributed by atoms with Gasteiger partial charge in [-0.1, -0.05) is 12.2 Å². The molecule has 0 spiro atoms. The van der Waals surface area contributed by atoms with Crippen LogP contribution in [0.3, 0.4) is 0 Å². The minimum Gasteiger partial charge on any atom is -0.354 e. The van der Waals surface area contributed by atoms with Crippen LogP contribution in [-0.2, 0) is 13.6 Å². The van der Waals surface area contributed by atoms with Crippen LogP contribution in [0.4, 0.5) is 0 Å². The molecule has 142 valence electrons. The molecule has 0 amide bonds. The molecule has 6 nitrogen and oxygen atoms in total. The molecule has 2 heterocycles. The van der Waals surface area contributed by atoms with E-state index in [0.29, 0.717) is 6.04 Å². The van der Waals surface area contributed by atoms with E-state index in [-0.39, 0.29) is 24.0 Å². The van der Waals surface area contributed by atoms with Crippen LogP contribution >= 0.6 is 24.0 Å². The number of guanidine groups is 1. The van der Waals surface area contributed by atoms with E-state index < -0.39 is 0 Å². The number of nitrogens with one attached hydrogen (secondary N) is 2. The molecular formula is C18H33IN6. The van der Waals surface area contributed by atoms with E-state index in [4.69, 9.17) is 0 Å². The molecular weight excluding hydrogens is 427 g/mol. The topological polar surface area (TPSA) is 57.5 Å². The quantitative estimate of drug-likeness (QED) is 0.307. The Morgan fingerprint density at radius 3 is 2.44 bits per heavy atom. The molecule has 2 rings (SSSR count). The van der Waals surface area contributed by atoms with E-state index in [1.807, 2.05) is 18.8 Å². The van der Waals surface area contributed by atoms with Gasteiger partial charge >= 0.3 is 0 Å². The highest BCUT2D eigenvalue weighted by molar-refractivity contribution is 14.0. The van der Waals surface area contributed by atoms with Crippen LogP contribution in [0, 0.1) is 13.8 Å². The minimum absolute atomic E-state index is 0. The summed E-state index contributed by atoms with van der Waals surface area (Å²) in [7, 11) is 3.81. The van der Waals surface area contributed by atoms with Crippen molar-refractivity contribution in [2.75, 3.05) is 26.7 Å². The molecule has 0 unspecified atom stereocenters. The second-order valence-electron chi connectivity index (χ2n) is 6.85. The van der Waals surface area contributed by atoms with Gasteiger partial charge in [0.1, 0.15) is 0 Å². The number of hydrogen-bond donors (Lipinski definition) is 2. The van der Waals surface area contributed by atoms with E-state index in [0.717, 1.165) is 50.7 Å². The highest BCUT2D eigenvalue weighted by atomic mass is 127. The normalized spacial score (nSPS) is 16.4. The Hall–Kier alpha value is -1.09. The predicted molar refractivity (Wildman–Crippen MR) is 116 cm³/mol. The van der Waals surface area contributed by atoms with Crippen molar-refractivity contribution >= 4 is 29.9 Å². The maximum absolute atomic E-state index is 4.47. The molecule has 0 aromatic carbocycles. The molecule has 0 bridgehead atoms. The number of piperidine rings is 1. The summed E-state index contributed by atoms with van der Waals surface area (Å²) in [5.74, 6) is 0.871. The van der Waals surface area contributed by atoms with Crippen LogP contribution in [0.2, 0.25) is 0 Å². The fourth-order valence-electron chi connectivity index (χ4n) is 3.25. The first-order valence-corrected chi connectivity index (χ1v) is 8.73. The maximum atomic E-state index is 4.47. The Morgan fingerprint density at radius 2 is 1.96 bits per heavy atom. The number of halogens is 1. The number of aryl methyl sites for hydroxylation is 2. The Bertz CT molecular complexity index is 599. The fourth-order valence-corrected chi connectivity index (χ4v) is 3.25. The third-order valence-corrected chi connectivity index (χ3v) is 4.74. The lowest BCUT2D eigenvalue weighted by Crippen LogP contribution is -2.48. The molecule has 7 heteroatoms. The summed E-state index contributed by atoms with van der Waals surface area (Å²) in [5.41, 5.74) is 4.76. The number of aromatic nitrogens is 2. The van der Waals surface area contributed by atoms with Gasteiger partial charge < -0.3 is 10.6 Å². The monoisotopic (exact) mass is 460 g/mol. The third kappa shape index (κ3) is 6.29. The van der Waals surface area contributed by atoms with Crippen LogP contribution in [-0.4, -0.2) is 53.4 Å². The van der Waals surface area contributed by atoms with Crippen molar-refractivity contribution in [2.45, 2.75) is 46.2 Å². The average Bonchev–Trinajstić information content (AvgIpc) is 2.78. The molecule has 1 saturated heterocycles. The van der Waals surface area contributed by atoms with E-state index in [1.165, 1.54) is 16.8 Å². The molecule has 1 aromatic heterocycles. The lowest BCUT2D eigenvalue weighted by atomic mass is 10.0. The van der Waals surface area contributed by atoms with Crippen molar-refractivity contribution in [3.63, 3.8) is 0 Å². The number of likely N-dealkylation sites (tertiary alicyclic amines) is 1. The lowest BCUT2D eigenvalue weighted by Gasteiger charge is -2.33. The number of hydrogen-bond acceptors (Lipinski definition) is 3. The van der Waals surface area contributed by atoms with Gasteiger partial charge in [-0.05, 0) is 33.6 Å². The molecule has 0 radical (unpaired) electrons. The van der Waals surface area contributed by atoms with Crippen molar-refractivity contribution in [3.8, 4) is 0 Å². The highest BCUT2D eigenvalue weighted by Gasteiger charge is 2.20. The Morgan fingerprint density at radius 1 is 1.32 bits per heavy atom. The van der Waals surface area contributed by atoms with Crippen LogP contribution in [0.15, 0.2) is 17.1 Å². The van der Waals surface area contributed by atoms with Gasteiger partial charge in [0.05, 0.1) is 5.69 Å². The molecule has 2 N–H and O–H groups in total. The van der Waals surface area contributed by atoms with Crippen molar-refractivity contribution in [3.05, 3.63) is 29.1 Å². The first-order valence-electron chi connectivity index (χ1n) is 8.73. The summed E-state index contributed by atoms with van der Waals surface area (Å²) in [5, 5.41) is 11.5. The first-order chi connectivity index (χ1) is 11.4. The van der Waals surface area contributed by atoms with E-state index >= 15 is 0 Å². The van der Waals surface area contributed by atoms with E-state index in [2.05, 4.69) is 53.0 Å². The molecule has 1 aliphatic rings. The minimum atomic E-state index is 0. The number of nitrogens with zero attached hydrogens (tertiary/aromatic N) is 4. The Kier molecular flexibility index (Phi) is 8.92. The van der Waals surface area contributed by atoms with Crippen LogP contribution in [0.25, 0.3) is 0 Å². The molecule has 0 atom stereocenters. The summed E-state index contributed by atoms with van der Waals surface area (Å²) < 4.78 is 1.93. The highest BCUT2D eigenvalue weighted by Crippen LogP contribution is 2.13. The van der Waals surface area contributed by atoms with Gasteiger partial charge in [0.25, 0.3) is 0 Å². The van der Waals surface area contributed by atoms with Crippen LogP contribution in [0.1, 0.15) is 36.7 Å². The molecule has 0 saturated carbocycles. The maximum Gasteiger partial charge on any atom is 0.191 e. The third-order valence-electron chi connectivity index (χ3n) is 4.74. The van der Waals surface area contributed by atoms with Gasteiger partial charge in [-0.3, -0.25) is 14.6 Å². The summed E-state index contributed by atoms with van der Waals surface area (Å²) in [6, 6.07) is 0.480. The zero-order chi connectivity index (χ0) is 17.7. The second kappa shape index (κ2) is 10.2. The summed E-state index contributed by atoms with van der Waals surface area (Å²) in [6.07, 6.45) is 2.28. The fraction of sp³-hybridized carbons (Fsp3) is 0.667. The molecule has 0 aliphatic carbocycles. The predicted octanol–water partition coefficient (Wildman–Crippen LogP) is 2.36. The van der Waals surface area contributed by atoms with Gasteiger partial charge in [-0.2, -0.15) is 5.10 Å².